The van der Waals surface area contributed by atoms with Gasteiger partial charge in [-0.15, -0.1) is 0 Å². The van der Waals surface area contributed by atoms with E-state index in [1.165, 1.54) is 26.2 Å². The first-order valence-electron chi connectivity index (χ1n) is 12.8. The number of esters is 1. The van der Waals surface area contributed by atoms with E-state index in [0.717, 1.165) is 19.3 Å². The summed E-state index contributed by atoms with van der Waals surface area (Å²) in [5.74, 6) is 2.40. The minimum absolute atomic E-state index is 0.00847. The van der Waals surface area contributed by atoms with Gasteiger partial charge in [-0.2, -0.15) is 0 Å². The predicted molar refractivity (Wildman–Crippen MR) is 125 cm³/mol. The van der Waals surface area contributed by atoms with Crippen LogP contribution in [0.15, 0.2) is 0 Å². The van der Waals surface area contributed by atoms with E-state index < -0.39 is 17.9 Å². The molecule has 2 saturated carbocycles. The maximum absolute atomic E-state index is 11.4. The van der Waals surface area contributed by atoms with Crippen LogP contribution in [0, 0.1) is 35.5 Å². The second-order valence-corrected chi connectivity index (χ2v) is 11.3. The van der Waals surface area contributed by atoms with Crippen LogP contribution in [0.1, 0.15) is 87.0 Å². The molecule has 2 N–H and O–H groups in total. The molecule has 0 radical (unpaired) electrons. The van der Waals surface area contributed by atoms with Gasteiger partial charge in [-0.05, 0) is 55.8 Å². The summed E-state index contributed by atoms with van der Waals surface area (Å²) in [7, 11) is 0. The Morgan fingerprint density at radius 2 is 1.69 bits per heavy atom. The Kier molecular flexibility index (Phi) is 10.5. The predicted octanol–water partition coefficient (Wildman–Crippen LogP) is 4.55. The number of carbonyl (C=O) groups is 1. The number of ether oxygens (including phenoxy) is 3. The lowest BCUT2D eigenvalue weighted by Gasteiger charge is -2.44. The van der Waals surface area contributed by atoms with Gasteiger partial charge in [0.05, 0.1) is 13.2 Å². The number of aliphatic hydroxyl groups excluding tert-OH is 2. The molecular formula is C26H48O6. The van der Waals surface area contributed by atoms with Crippen molar-refractivity contribution in [1.82, 2.24) is 0 Å². The van der Waals surface area contributed by atoms with Crippen molar-refractivity contribution in [1.29, 1.82) is 0 Å². The van der Waals surface area contributed by atoms with Gasteiger partial charge in [0.15, 0.2) is 5.79 Å². The lowest BCUT2D eigenvalue weighted by molar-refractivity contribution is -0.240. The largest absolute Gasteiger partial charge is 0.460 e. The Labute approximate surface area is 195 Å². The molecule has 6 heteroatoms. The van der Waals surface area contributed by atoms with Gasteiger partial charge in [0.2, 0.25) is 0 Å². The molecule has 32 heavy (non-hydrogen) atoms. The average Bonchev–Trinajstić information content (AvgIpc) is 3.10. The van der Waals surface area contributed by atoms with Gasteiger partial charge >= 0.3 is 5.97 Å². The van der Waals surface area contributed by atoms with Crippen LogP contribution < -0.4 is 0 Å². The van der Waals surface area contributed by atoms with Crippen LogP contribution in [0.2, 0.25) is 0 Å². The number of aliphatic hydroxyl groups is 2. The molecule has 1 spiro atoms. The first kappa shape index (κ1) is 27.6. The molecule has 0 bridgehead atoms. The fourth-order valence-electron chi connectivity index (χ4n) is 5.74. The monoisotopic (exact) mass is 456 g/mol. The van der Waals surface area contributed by atoms with Crippen LogP contribution in [0.3, 0.4) is 0 Å². The van der Waals surface area contributed by atoms with Crippen LogP contribution in [0.4, 0.5) is 0 Å². The van der Waals surface area contributed by atoms with Crippen molar-refractivity contribution in [3.05, 3.63) is 0 Å². The fraction of sp³-hybridized carbons (Fsp3) is 0.962. The third-order valence-corrected chi connectivity index (χ3v) is 7.63. The Morgan fingerprint density at radius 3 is 2.22 bits per heavy atom. The number of hydrogen-bond acceptors (Lipinski definition) is 6. The zero-order valence-corrected chi connectivity index (χ0v) is 21.4. The van der Waals surface area contributed by atoms with Crippen LogP contribution in [-0.4, -0.2) is 53.5 Å². The SMILES string of the molecule is CC(C)[C@@H]1CC[C@@H](C)C[C@@]12OCC(CO)O2.CC(C)[C@@H]1CC[C@@H](C)C[C@H]1OC(=O)[C@@H](C)O. The number of carbonyl (C=O) groups excluding carboxylic acids is 1. The fourth-order valence-corrected chi connectivity index (χ4v) is 5.74. The third kappa shape index (κ3) is 7.15. The maximum atomic E-state index is 11.4. The number of hydrogen-bond donors (Lipinski definition) is 2. The summed E-state index contributed by atoms with van der Waals surface area (Å²) in [6, 6.07) is 0. The summed E-state index contributed by atoms with van der Waals surface area (Å²) in [5.41, 5.74) is 0. The van der Waals surface area contributed by atoms with Crippen LogP contribution in [0.25, 0.3) is 0 Å². The van der Waals surface area contributed by atoms with E-state index in [1.807, 2.05) is 0 Å². The van der Waals surface area contributed by atoms with E-state index in [0.29, 0.717) is 42.1 Å². The van der Waals surface area contributed by atoms with Gasteiger partial charge < -0.3 is 24.4 Å². The molecule has 2 aliphatic carbocycles. The van der Waals surface area contributed by atoms with Crippen LogP contribution in [0.5, 0.6) is 0 Å². The van der Waals surface area contributed by atoms with Crippen molar-refractivity contribution in [2.45, 2.75) is 111 Å². The van der Waals surface area contributed by atoms with E-state index in [9.17, 15) is 4.79 Å². The summed E-state index contributed by atoms with van der Waals surface area (Å²) in [6.45, 7) is 15.3. The standard InChI is InChI=1S/2C13H24O3/c1-9(2)12-5-4-10(3)6-13(12)15-8-11(7-14)16-13;1-8(2)11-6-5-9(3)7-12(11)16-13(15)10(4)14/h9-12,14H,4-8H2,1-3H3;8-12,14H,5-7H2,1-4H3/t10-,11?,12+,13+;9-,10-,11+,12-/m11/s1. The van der Waals surface area contributed by atoms with Crippen molar-refractivity contribution in [2.24, 2.45) is 35.5 Å². The van der Waals surface area contributed by atoms with Gasteiger partial charge in [0.25, 0.3) is 0 Å². The zero-order valence-electron chi connectivity index (χ0n) is 21.4. The summed E-state index contributed by atoms with van der Waals surface area (Å²) >= 11 is 0. The first-order valence-corrected chi connectivity index (χ1v) is 12.8. The van der Waals surface area contributed by atoms with Crippen LogP contribution >= 0.6 is 0 Å². The highest BCUT2D eigenvalue weighted by atomic mass is 16.7. The van der Waals surface area contributed by atoms with Crippen molar-refractivity contribution in [3.63, 3.8) is 0 Å². The molecule has 0 aromatic heterocycles. The van der Waals surface area contributed by atoms with Crippen LogP contribution in [-0.2, 0) is 19.0 Å². The van der Waals surface area contributed by atoms with Crippen molar-refractivity contribution < 1.29 is 29.2 Å². The van der Waals surface area contributed by atoms with Crippen molar-refractivity contribution >= 4 is 5.97 Å². The molecule has 0 aromatic carbocycles. The van der Waals surface area contributed by atoms with E-state index in [1.54, 1.807) is 0 Å². The zero-order chi connectivity index (χ0) is 24.1. The van der Waals surface area contributed by atoms with Crippen molar-refractivity contribution in [3.8, 4) is 0 Å². The molecular weight excluding hydrogens is 408 g/mol. The van der Waals surface area contributed by atoms with E-state index >= 15 is 0 Å². The average molecular weight is 457 g/mol. The molecule has 1 heterocycles. The quantitative estimate of drug-likeness (QED) is 0.590. The smallest absolute Gasteiger partial charge is 0.334 e. The lowest BCUT2D eigenvalue weighted by Crippen LogP contribution is -2.47. The van der Waals surface area contributed by atoms with Gasteiger partial charge in [0, 0.05) is 12.3 Å². The Bertz CT molecular complexity index is 577. The topological polar surface area (TPSA) is 85.2 Å². The Morgan fingerprint density at radius 1 is 1.03 bits per heavy atom. The number of rotatable bonds is 5. The molecule has 188 valence electrons. The maximum Gasteiger partial charge on any atom is 0.334 e. The highest BCUT2D eigenvalue weighted by molar-refractivity contribution is 5.74. The third-order valence-electron chi connectivity index (χ3n) is 7.63. The molecule has 3 fully saturated rings. The van der Waals surface area contributed by atoms with Gasteiger partial charge in [-0.1, -0.05) is 54.4 Å². The lowest BCUT2D eigenvalue weighted by atomic mass is 9.73. The van der Waals surface area contributed by atoms with Crippen molar-refractivity contribution in [2.75, 3.05) is 13.2 Å². The second kappa shape index (κ2) is 12.1. The Hall–Kier alpha value is -0.690. The van der Waals surface area contributed by atoms with Gasteiger partial charge in [-0.25, -0.2) is 4.79 Å². The highest BCUT2D eigenvalue weighted by Gasteiger charge is 2.51. The molecule has 8 atom stereocenters. The molecule has 0 amide bonds. The summed E-state index contributed by atoms with van der Waals surface area (Å²) in [6.07, 6.45) is 5.55. The van der Waals surface area contributed by atoms with Gasteiger partial charge in [0.1, 0.15) is 18.3 Å². The second-order valence-electron chi connectivity index (χ2n) is 11.3. The van der Waals surface area contributed by atoms with E-state index in [2.05, 4.69) is 41.5 Å². The first-order chi connectivity index (χ1) is 15.0. The summed E-state index contributed by atoms with van der Waals surface area (Å²) in [4.78, 5) is 11.4. The molecule has 6 nitrogen and oxygen atoms in total. The molecule has 1 saturated heterocycles. The molecule has 0 aromatic rings. The molecule has 3 rings (SSSR count). The van der Waals surface area contributed by atoms with Gasteiger partial charge in [-0.3, -0.25) is 0 Å². The summed E-state index contributed by atoms with van der Waals surface area (Å²) in [5, 5.41) is 18.3. The molecule has 1 aliphatic heterocycles. The highest BCUT2D eigenvalue weighted by Crippen LogP contribution is 2.47. The van der Waals surface area contributed by atoms with E-state index in [4.69, 9.17) is 24.4 Å². The summed E-state index contributed by atoms with van der Waals surface area (Å²) < 4.78 is 17.4. The molecule has 3 aliphatic rings. The van der Waals surface area contributed by atoms with E-state index in [-0.39, 0.29) is 18.8 Å². The minimum Gasteiger partial charge on any atom is -0.460 e. The minimum atomic E-state index is -1.01. The Balaban J connectivity index is 0.000000227. The normalized spacial score (nSPS) is 38.5. The molecule has 1 unspecified atom stereocenters.